The Morgan fingerprint density at radius 3 is 2.29 bits per heavy atom. The number of rotatable bonds is 6. The van der Waals surface area contributed by atoms with Crippen molar-refractivity contribution in [1.82, 2.24) is 10.2 Å². The summed E-state index contributed by atoms with van der Waals surface area (Å²) in [5, 5.41) is 3.60. The fraction of sp³-hybridized carbons (Fsp3) is 0.333. The van der Waals surface area contributed by atoms with Gasteiger partial charge in [-0.05, 0) is 44.3 Å². The second-order valence-electron chi connectivity index (χ2n) is 5.67. The molecule has 0 radical (unpaired) electrons. The topological polar surface area (TPSA) is 15.3 Å². The van der Waals surface area contributed by atoms with Crippen LogP contribution in [-0.4, -0.2) is 25.5 Å². The minimum atomic E-state index is -0.190. The highest BCUT2D eigenvalue weighted by Crippen LogP contribution is 2.20. The van der Waals surface area contributed by atoms with E-state index in [-0.39, 0.29) is 17.9 Å². The summed E-state index contributed by atoms with van der Waals surface area (Å²) >= 11 is 0. The Balaban J connectivity index is 2.15. The van der Waals surface area contributed by atoms with Gasteiger partial charge in [-0.3, -0.25) is 0 Å². The van der Waals surface area contributed by atoms with Crippen LogP contribution in [0.25, 0.3) is 0 Å². The molecule has 21 heavy (non-hydrogen) atoms. The van der Waals surface area contributed by atoms with E-state index in [1.807, 2.05) is 24.3 Å². The van der Waals surface area contributed by atoms with Gasteiger partial charge < -0.3 is 10.2 Å². The summed E-state index contributed by atoms with van der Waals surface area (Å²) in [6.07, 6.45) is 0. The predicted octanol–water partition coefficient (Wildman–Crippen LogP) is 3.78. The van der Waals surface area contributed by atoms with Crippen molar-refractivity contribution in [3.63, 3.8) is 0 Å². The zero-order chi connectivity index (χ0) is 15.2. The Bertz CT molecular complexity index is 554. The fourth-order valence-electron chi connectivity index (χ4n) is 2.48. The lowest BCUT2D eigenvalue weighted by Gasteiger charge is -2.26. The van der Waals surface area contributed by atoms with Crippen molar-refractivity contribution in [3.05, 3.63) is 71.5 Å². The van der Waals surface area contributed by atoms with Crippen LogP contribution in [0.15, 0.2) is 54.6 Å². The molecule has 1 N–H and O–H groups in total. The monoisotopic (exact) mass is 286 g/mol. The smallest absolute Gasteiger partial charge is 0.123 e. The molecule has 2 rings (SSSR count). The van der Waals surface area contributed by atoms with Crippen molar-refractivity contribution in [2.24, 2.45) is 0 Å². The van der Waals surface area contributed by atoms with Crippen molar-refractivity contribution in [2.75, 3.05) is 20.6 Å². The van der Waals surface area contributed by atoms with Gasteiger partial charge in [-0.1, -0.05) is 42.5 Å². The second kappa shape index (κ2) is 7.34. The maximum absolute atomic E-state index is 13.4. The van der Waals surface area contributed by atoms with E-state index < -0.39 is 0 Å². The molecule has 0 heterocycles. The minimum Gasteiger partial charge on any atom is -0.308 e. The van der Waals surface area contributed by atoms with Gasteiger partial charge in [0.1, 0.15) is 5.82 Å². The molecule has 0 saturated carbocycles. The van der Waals surface area contributed by atoms with Crippen molar-refractivity contribution in [3.8, 4) is 0 Å². The van der Waals surface area contributed by atoms with Crippen LogP contribution >= 0.6 is 0 Å². The summed E-state index contributed by atoms with van der Waals surface area (Å²) in [5.41, 5.74) is 2.21. The number of hydrogen-bond acceptors (Lipinski definition) is 2. The number of nitrogens with one attached hydrogen (secondary N) is 1. The second-order valence-corrected chi connectivity index (χ2v) is 5.67. The number of halogens is 1. The van der Waals surface area contributed by atoms with Crippen LogP contribution in [0, 0.1) is 5.82 Å². The molecule has 2 atom stereocenters. The highest BCUT2D eigenvalue weighted by Gasteiger charge is 2.16. The molecule has 0 bridgehead atoms. The van der Waals surface area contributed by atoms with E-state index in [9.17, 15) is 4.39 Å². The first kappa shape index (κ1) is 15.7. The SMILES string of the molecule is CC(NC(CN(C)C)c1ccccc1)c1cccc(F)c1. The normalized spacial score (nSPS) is 14.1. The molecule has 3 heteroatoms. The van der Waals surface area contributed by atoms with Gasteiger partial charge in [0, 0.05) is 18.6 Å². The third-order valence-corrected chi connectivity index (χ3v) is 3.55. The molecular formula is C18H23FN2. The third kappa shape index (κ3) is 4.66. The highest BCUT2D eigenvalue weighted by molar-refractivity contribution is 5.23. The quantitative estimate of drug-likeness (QED) is 0.869. The van der Waals surface area contributed by atoms with Crippen molar-refractivity contribution in [2.45, 2.75) is 19.0 Å². The van der Waals surface area contributed by atoms with Crippen LogP contribution in [0.2, 0.25) is 0 Å². The Labute approximate surface area is 126 Å². The first-order valence-corrected chi connectivity index (χ1v) is 7.27. The molecule has 0 aliphatic carbocycles. The van der Waals surface area contributed by atoms with Crippen molar-refractivity contribution >= 4 is 0 Å². The van der Waals surface area contributed by atoms with Gasteiger partial charge in [-0.25, -0.2) is 4.39 Å². The van der Waals surface area contributed by atoms with Crippen LogP contribution in [0.1, 0.15) is 30.1 Å². The lowest BCUT2D eigenvalue weighted by Crippen LogP contribution is -2.32. The summed E-state index contributed by atoms with van der Waals surface area (Å²) in [4.78, 5) is 2.16. The lowest BCUT2D eigenvalue weighted by molar-refractivity contribution is 0.325. The summed E-state index contributed by atoms with van der Waals surface area (Å²) in [5.74, 6) is -0.190. The Hall–Kier alpha value is -1.71. The maximum Gasteiger partial charge on any atom is 0.123 e. The van der Waals surface area contributed by atoms with Crippen molar-refractivity contribution in [1.29, 1.82) is 0 Å². The number of hydrogen-bond donors (Lipinski definition) is 1. The summed E-state index contributed by atoms with van der Waals surface area (Å²) in [7, 11) is 4.12. The Kier molecular flexibility index (Phi) is 5.48. The standard InChI is InChI=1S/C18H23FN2/c1-14(16-10-7-11-17(19)12-16)20-18(13-21(2)3)15-8-5-4-6-9-15/h4-12,14,18,20H,13H2,1-3H3. The van der Waals surface area contributed by atoms with Gasteiger partial charge in [-0.2, -0.15) is 0 Å². The van der Waals surface area contributed by atoms with E-state index in [2.05, 4.69) is 43.4 Å². The van der Waals surface area contributed by atoms with Gasteiger partial charge in [0.05, 0.1) is 0 Å². The molecule has 0 saturated heterocycles. The molecule has 0 aliphatic heterocycles. The van der Waals surface area contributed by atoms with Crippen LogP contribution < -0.4 is 5.32 Å². The van der Waals surface area contributed by atoms with Crippen LogP contribution in [-0.2, 0) is 0 Å². The molecule has 112 valence electrons. The van der Waals surface area contributed by atoms with Crippen LogP contribution in [0.4, 0.5) is 4.39 Å². The molecule has 0 aliphatic rings. The lowest BCUT2D eigenvalue weighted by atomic mass is 10.0. The predicted molar refractivity (Wildman–Crippen MR) is 85.7 cm³/mol. The molecule has 2 aromatic carbocycles. The van der Waals surface area contributed by atoms with Gasteiger partial charge in [0.25, 0.3) is 0 Å². The molecule has 2 unspecified atom stereocenters. The Morgan fingerprint density at radius 2 is 1.67 bits per heavy atom. The van der Waals surface area contributed by atoms with E-state index in [0.29, 0.717) is 0 Å². The zero-order valence-electron chi connectivity index (χ0n) is 12.9. The van der Waals surface area contributed by atoms with E-state index >= 15 is 0 Å². The molecule has 2 nitrogen and oxygen atoms in total. The average molecular weight is 286 g/mol. The third-order valence-electron chi connectivity index (χ3n) is 3.55. The van der Waals surface area contributed by atoms with Gasteiger partial charge in [0.2, 0.25) is 0 Å². The molecule has 0 amide bonds. The number of likely N-dealkylation sites (N-methyl/N-ethyl adjacent to an activating group) is 1. The average Bonchev–Trinajstić information content (AvgIpc) is 2.47. The summed E-state index contributed by atoms with van der Waals surface area (Å²) < 4.78 is 13.4. The maximum atomic E-state index is 13.4. The number of benzene rings is 2. The fourth-order valence-corrected chi connectivity index (χ4v) is 2.48. The van der Waals surface area contributed by atoms with E-state index in [1.165, 1.54) is 11.6 Å². The summed E-state index contributed by atoms with van der Waals surface area (Å²) in [6.45, 7) is 2.96. The Morgan fingerprint density at radius 1 is 1.00 bits per heavy atom. The van der Waals surface area contributed by atoms with Gasteiger partial charge in [0.15, 0.2) is 0 Å². The minimum absolute atomic E-state index is 0.0888. The van der Waals surface area contributed by atoms with Crippen molar-refractivity contribution < 1.29 is 4.39 Å². The van der Waals surface area contributed by atoms with E-state index in [0.717, 1.165) is 12.1 Å². The largest absolute Gasteiger partial charge is 0.308 e. The first-order chi connectivity index (χ1) is 10.1. The summed E-state index contributed by atoms with van der Waals surface area (Å²) in [6, 6.07) is 17.4. The van der Waals surface area contributed by atoms with Gasteiger partial charge in [-0.15, -0.1) is 0 Å². The number of nitrogens with zero attached hydrogens (tertiary/aromatic N) is 1. The van der Waals surface area contributed by atoms with Crippen LogP contribution in [0.5, 0.6) is 0 Å². The van der Waals surface area contributed by atoms with Crippen LogP contribution in [0.3, 0.4) is 0 Å². The highest BCUT2D eigenvalue weighted by atomic mass is 19.1. The molecule has 2 aromatic rings. The first-order valence-electron chi connectivity index (χ1n) is 7.27. The van der Waals surface area contributed by atoms with Gasteiger partial charge >= 0.3 is 0 Å². The zero-order valence-corrected chi connectivity index (χ0v) is 12.9. The molecular weight excluding hydrogens is 263 g/mol. The molecule has 0 spiro atoms. The molecule has 0 aromatic heterocycles. The van der Waals surface area contributed by atoms with E-state index in [1.54, 1.807) is 12.1 Å². The van der Waals surface area contributed by atoms with E-state index in [4.69, 9.17) is 0 Å². The molecule has 0 fully saturated rings.